The number of aliphatic hydroxyl groups excluding tert-OH is 1. The van der Waals surface area contributed by atoms with Gasteiger partial charge in [-0.2, -0.15) is 0 Å². The molecule has 6 heteroatoms. The van der Waals surface area contributed by atoms with Crippen LogP contribution in [0.25, 0.3) is 0 Å². The molecule has 20 heavy (non-hydrogen) atoms. The Morgan fingerprint density at radius 1 is 1.35 bits per heavy atom. The van der Waals surface area contributed by atoms with E-state index in [1.165, 1.54) is 0 Å². The molecule has 0 radical (unpaired) electrons. The molecule has 0 saturated carbocycles. The van der Waals surface area contributed by atoms with Crippen LogP contribution in [0.15, 0.2) is 22.3 Å². The lowest BCUT2D eigenvalue weighted by Crippen LogP contribution is -2.29. The molecule has 1 aliphatic rings. The summed E-state index contributed by atoms with van der Waals surface area (Å²) >= 11 is 1.14. The first-order valence-electron chi connectivity index (χ1n) is 6.63. The molecule has 1 aliphatic carbocycles. The Morgan fingerprint density at radius 2 is 2.00 bits per heavy atom. The fourth-order valence-electron chi connectivity index (χ4n) is 2.06. The van der Waals surface area contributed by atoms with Crippen molar-refractivity contribution in [2.24, 2.45) is 0 Å². The molecule has 0 aromatic carbocycles. The summed E-state index contributed by atoms with van der Waals surface area (Å²) < 4.78 is 12.6. The van der Waals surface area contributed by atoms with Gasteiger partial charge in [0.05, 0.1) is 10.7 Å². The van der Waals surface area contributed by atoms with Gasteiger partial charge in [-0.05, 0) is 37.2 Å². The van der Waals surface area contributed by atoms with Gasteiger partial charge in [0, 0.05) is 6.42 Å². The van der Waals surface area contributed by atoms with Gasteiger partial charge in [-0.25, -0.2) is 4.39 Å². The van der Waals surface area contributed by atoms with Gasteiger partial charge in [0.1, 0.15) is 0 Å². The number of hydrogen-bond donors (Lipinski definition) is 1. The fourth-order valence-corrected chi connectivity index (χ4v) is 2.61. The van der Waals surface area contributed by atoms with Crippen LogP contribution in [0.4, 0.5) is 4.39 Å². The summed E-state index contributed by atoms with van der Waals surface area (Å²) in [6.07, 6.45) is 8.81. The van der Waals surface area contributed by atoms with Crippen molar-refractivity contribution in [3.8, 4) is 0 Å². The highest BCUT2D eigenvalue weighted by Gasteiger charge is 2.18. The van der Waals surface area contributed by atoms with Gasteiger partial charge in [0.15, 0.2) is 6.80 Å². The molecule has 0 heterocycles. The zero-order chi connectivity index (χ0) is 15.0. The van der Waals surface area contributed by atoms with Gasteiger partial charge in [-0.3, -0.25) is 14.5 Å². The minimum absolute atomic E-state index is 0.179. The number of amides is 2. The molecule has 0 aromatic heterocycles. The lowest BCUT2D eigenvalue weighted by molar-refractivity contribution is -0.136. The number of hydrogen-bond acceptors (Lipinski definition) is 4. The summed E-state index contributed by atoms with van der Waals surface area (Å²) in [4.78, 5) is 23.3. The maximum Gasteiger partial charge on any atom is 0.268 e. The average molecular weight is 301 g/mol. The van der Waals surface area contributed by atoms with E-state index in [1.54, 1.807) is 12.3 Å². The van der Waals surface area contributed by atoms with Crippen molar-refractivity contribution in [3.05, 3.63) is 22.3 Å². The normalized spacial score (nSPS) is 21.0. The second kappa shape index (κ2) is 8.79. The molecule has 0 saturated heterocycles. The van der Waals surface area contributed by atoms with E-state index in [9.17, 15) is 19.1 Å². The highest BCUT2D eigenvalue weighted by atomic mass is 32.2. The van der Waals surface area contributed by atoms with Gasteiger partial charge >= 0.3 is 0 Å². The standard InChI is InChI=1S/C14H20FNO3S/c1-20-13(14(19)16(9-15)10-17)8-11-6-4-2-3-5-7-12(11)18/h8,10,18H,2-7,9H2,1H3/b12-11-,13-8-. The summed E-state index contributed by atoms with van der Waals surface area (Å²) in [6.45, 7) is -1.15. The number of halogens is 1. The van der Waals surface area contributed by atoms with E-state index in [0.717, 1.165) is 37.4 Å². The lowest BCUT2D eigenvalue weighted by Gasteiger charge is -2.15. The van der Waals surface area contributed by atoms with Crippen LogP contribution in [-0.2, 0) is 9.59 Å². The van der Waals surface area contributed by atoms with Crippen LogP contribution in [0.2, 0.25) is 0 Å². The third-order valence-electron chi connectivity index (χ3n) is 3.23. The van der Waals surface area contributed by atoms with E-state index < -0.39 is 12.7 Å². The highest BCUT2D eigenvalue weighted by Crippen LogP contribution is 2.26. The van der Waals surface area contributed by atoms with Crippen molar-refractivity contribution in [3.63, 3.8) is 0 Å². The third-order valence-corrected chi connectivity index (χ3v) is 3.97. The monoisotopic (exact) mass is 301 g/mol. The zero-order valence-corrected chi connectivity index (χ0v) is 12.4. The quantitative estimate of drug-likeness (QED) is 0.481. The van der Waals surface area contributed by atoms with Crippen molar-refractivity contribution < 1.29 is 19.1 Å². The molecule has 0 unspecified atom stereocenters. The lowest BCUT2D eigenvalue weighted by atomic mass is 9.98. The van der Waals surface area contributed by atoms with Crippen molar-refractivity contribution in [1.29, 1.82) is 0 Å². The molecule has 112 valence electrons. The first kappa shape index (κ1) is 16.8. The summed E-state index contributed by atoms with van der Waals surface area (Å²) in [7, 11) is 0. The van der Waals surface area contributed by atoms with Crippen molar-refractivity contribution >= 4 is 24.1 Å². The molecule has 0 fully saturated rings. The van der Waals surface area contributed by atoms with Gasteiger partial charge in [-0.1, -0.05) is 12.8 Å². The Kier molecular flexibility index (Phi) is 7.36. The molecule has 0 bridgehead atoms. The van der Waals surface area contributed by atoms with Crippen LogP contribution < -0.4 is 0 Å². The largest absolute Gasteiger partial charge is 0.512 e. The number of carbonyl (C=O) groups excluding carboxylic acids is 2. The number of aliphatic hydroxyl groups is 1. The first-order valence-corrected chi connectivity index (χ1v) is 7.85. The Bertz CT molecular complexity index is 421. The molecular weight excluding hydrogens is 281 g/mol. The number of nitrogens with zero attached hydrogens (tertiary/aromatic N) is 1. The number of allylic oxidation sites excluding steroid dienone is 3. The SMILES string of the molecule is CS/C(=C\C1=C(/O)CCCCCC1)C(=O)N(C=O)CF. The molecule has 4 nitrogen and oxygen atoms in total. The van der Waals surface area contributed by atoms with E-state index >= 15 is 0 Å². The molecule has 1 rings (SSSR count). The highest BCUT2D eigenvalue weighted by molar-refractivity contribution is 8.03. The van der Waals surface area contributed by atoms with E-state index in [4.69, 9.17) is 0 Å². The second-order valence-corrected chi connectivity index (χ2v) is 5.45. The van der Waals surface area contributed by atoms with Crippen molar-refractivity contribution in [2.45, 2.75) is 38.5 Å². The number of thioether (sulfide) groups is 1. The van der Waals surface area contributed by atoms with Gasteiger partial charge in [0.2, 0.25) is 6.41 Å². The topological polar surface area (TPSA) is 57.6 Å². The Balaban J connectivity index is 2.98. The smallest absolute Gasteiger partial charge is 0.268 e. The van der Waals surface area contributed by atoms with Gasteiger partial charge < -0.3 is 5.11 Å². The van der Waals surface area contributed by atoms with E-state index in [2.05, 4.69) is 0 Å². The minimum atomic E-state index is -1.15. The van der Waals surface area contributed by atoms with Gasteiger partial charge in [-0.15, -0.1) is 11.8 Å². The molecule has 2 amide bonds. The van der Waals surface area contributed by atoms with Crippen LogP contribution in [0.1, 0.15) is 38.5 Å². The third kappa shape index (κ3) is 4.67. The summed E-state index contributed by atoms with van der Waals surface area (Å²) in [5.74, 6) is -0.376. The predicted molar refractivity (Wildman–Crippen MR) is 77.8 cm³/mol. The molecule has 0 atom stereocenters. The second-order valence-electron chi connectivity index (χ2n) is 4.60. The zero-order valence-electron chi connectivity index (χ0n) is 11.6. The summed E-state index contributed by atoms with van der Waals surface area (Å²) in [5, 5.41) is 10.0. The first-order chi connectivity index (χ1) is 9.63. The Labute approximate surface area is 122 Å². The minimum Gasteiger partial charge on any atom is -0.512 e. The fraction of sp³-hybridized carbons (Fsp3) is 0.571. The molecular formula is C14H20FNO3S. The Morgan fingerprint density at radius 3 is 2.55 bits per heavy atom. The number of alkyl halides is 1. The van der Waals surface area contributed by atoms with Crippen LogP contribution in [0.5, 0.6) is 0 Å². The molecule has 1 N–H and O–H groups in total. The molecule has 0 spiro atoms. The summed E-state index contributed by atoms with van der Waals surface area (Å²) in [6, 6.07) is 0. The van der Waals surface area contributed by atoms with Crippen LogP contribution in [0.3, 0.4) is 0 Å². The van der Waals surface area contributed by atoms with Crippen molar-refractivity contribution in [2.75, 3.05) is 13.1 Å². The van der Waals surface area contributed by atoms with Crippen molar-refractivity contribution in [1.82, 2.24) is 4.90 Å². The maximum absolute atomic E-state index is 12.6. The maximum atomic E-state index is 12.6. The number of rotatable bonds is 5. The van der Waals surface area contributed by atoms with E-state index in [-0.39, 0.29) is 11.3 Å². The Hall–Kier alpha value is -1.30. The van der Waals surface area contributed by atoms with Crippen LogP contribution >= 0.6 is 11.8 Å². The average Bonchev–Trinajstić information content (AvgIpc) is 2.44. The van der Waals surface area contributed by atoms with E-state index in [1.807, 2.05) is 0 Å². The summed E-state index contributed by atoms with van der Waals surface area (Å²) in [5.41, 5.74) is 0.715. The van der Waals surface area contributed by atoms with Gasteiger partial charge in [0.25, 0.3) is 5.91 Å². The molecule has 0 aliphatic heterocycles. The van der Waals surface area contributed by atoms with Crippen LogP contribution in [0, 0.1) is 0 Å². The number of carbonyl (C=O) groups is 2. The van der Waals surface area contributed by atoms with Crippen LogP contribution in [-0.4, -0.2) is 35.4 Å². The number of imide groups is 1. The van der Waals surface area contributed by atoms with E-state index in [0.29, 0.717) is 29.1 Å². The molecule has 0 aromatic rings. The predicted octanol–water partition coefficient (Wildman–Crippen LogP) is 3.31.